The van der Waals surface area contributed by atoms with E-state index in [1.54, 1.807) is 0 Å². The summed E-state index contributed by atoms with van der Waals surface area (Å²) in [5.74, 6) is 0.373. The van der Waals surface area contributed by atoms with Crippen molar-refractivity contribution in [1.29, 1.82) is 0 Å². The second-order valence-corrected chi connectivity index (χ2v) is 4.15. The maximum atomic E-state index is 5.68. The summed E-state index contributed by atoms with van der Waals surface area (Å²) in [5.41, 5.74) is 2.37. The second-order valence-electron chi connectivity index (χ2n) is 3.48. The van der Waals surface area contributed by atoms with Crippen molar-refractivity contribution < 1.29 is 0 Å². The van der Waals surface area contributed by atoms with Crippen molar-refractivity contribution >= 4 is 29.2 Å². The molecule has 88 valence electrons. The molecule has 0 aliphatic heterocycles. The number of anilines is 1. The Labute approximate surface area is 109 Å². The van der Waals surface area contributed by atoms with Crippen LogP contribution in [0.25, 0.3) is 0 Å². The third kappa shape index (κ3) is 3.28. The Morgan fingerprint density at radius 3 is 2.35 bits per heavy atom. The van der Waals surface area contributed by atoms with Crippen LogP contribution in [0.1, 0.15) is 11.1 Å². The highest BCUT2D eigenvalue weighted by atomic mass is 35.5. The summed E-state index contributed by atoms with van der Waals surface area (Å²) in [5, 5.41) is 3.21. The fraction of sp³-hybridized carbons (Fsp3) is 0.182. The van der Waals surface area contributed by atoms with E-state index >= 15 is 0 Å². The van der Waals surface area contributed by atoms with Gasteiger partial charge >= 0.3 is 0 Å². The Balaban J connectivity index is 2.10. The molecular weight excluding hydrogens is 259 g/mol. The smallest absolute Gasteiger partial charge is 0.228 e. The average Bonchev–Trinajstić information content (AvgIpc) is 2.27. The molecule has 0 amide bonds. The van der Waals surface area contributed by atoms with E-state index in [-0.39, 0.29) is 10.6 Å². The first kappa shape index (κ1) is 12.1. The summed E-state index contributed by atoms with van der Waals surface area (Å²) in [6, 6.07) is 8.06. The zero-order chi connectivity index (χ0) is 12.3. The van der Waals surface area contributed by atoms with Crippen LogP contribution in [0.4, 0.5) is 5.95 Å². The van der Waals surface area contributed by atoms with Crippen molar-refractivity contribution in [2.45, 2.75) is 13.5 Å². The van der Waals surface area contributed by atoms with E-state index in [9.17, 15) is 0 Å². The SMILES string of the molecule is Cc1ccccc1CNc1nc(Cl)nc(Cl)n1. The summed E-state index contributed by atoms with van der Waals surface area (Å²) in [7, 11) is 0. The predicted molar refractivity (Wildman–Crippen MR) is 68.4 cm³/mol. The van der Waals surface area contributed by atoms with Crippen LogP contribution in [-0.4, -0.2) is 15.0 Å². The predicted octanol–water partition coefficient (Wildman–Crippen LogP) is 3.10. The third-order valence-corrected chi connectivity index (χ3v) is 2.62. The zero-order valence-electron chi connectivity index (χ0n) is 9.11. The lowest BCUT2D eigenvalue weighted by atomic mass is 10.1. The lowest BCUT2D eigenvalue weighted by Gasteiger charge is -2.07. The van der Waals surface area contributed by atoms with Crippen molar-refractivity contribution in [3.63, 3.8) is 0 Å². The number of aromatic nitrogens is 3. The molecule has 6 heteroatoms. The molecule has 1 N–H and O–H groups in total. The van der Waals surface area contributed by atoms with Crippen LogP contribution < -0.4 is 5.32 Å². The molecule has 0 radical (unpaired) electrons. The summed E-state index contributed by atoms with van der Waals surface area (Å²) < 4.78 is 0. The highest BCUT2D eigenvalue weighted by molar-refractivity contribution is 6.31. The molecule has 1 heterocycles. The number of halogens is 2. The lowest BCUT2D eigenvalue weighted by Crippen LogP contribution is -2.05. The van der Waals surface area contributed by atoms with Crippen LogP contribution in [0.5, 0.6) is 0 Å². The number of nitrogens with zero attached hydrogens (tertiary/aromatic N) is 3. The van der Waals surface area contributed by atoms with Crippen molar-refractivity contribution in [2.24, 2.45) is 0 Å². The molecule has 0 bridgehead atoms. The van der Waals surface area contributed by atoms with Gasteiger partial charge in [0.1, 0.15) is 0 Å². The van der Waals surface area contributed by atoms with Gasteiger partial charge in [0.15, 0.2) is 0 Å². The van der Waals surface area contributed by atoms with Gasteiger partial charge in [-0.05, 0) is 41.3 Å². The van der Waals surface area contributed by atoms with Gasteiger partial charge in [0, 0.05) is 6.54 Å². The van der Waals surface area contributed by atoms with E-state index in [4.69, 9.17) is 23.2 Å². The van der Waals surface area contributed by atoms with Gasteiger partial charge < -0.3 is 5.32 Å². The van der Waals surface area contributed by atoms with Gasteiger partial charge in [0.2, 0.25) is 16.5 Å². The Morgan fingerprint density at radius 2 is 1.71 bits per heavy atom. The zero-order valence-corrected chi connectivity index (χ0v) is 10.6. The highest BCUT2D eigenvalue weighted by Gasteiger charge is 2.03. The molecule has 0 saturated carbocycles. The van der Waals surface area contributed by atoms with E-state index in [1.165, 1.54) is 11.1 Å². The number of rotatable bonds is 3. The van der Waals surface area contributed by atoms with Gasteiger partial charge in [-0.1, -0.05) is 24.3 Å². The minimum absolute atomic E-state index is 0.0808. The number of benzene rings is 1. The van der Waals surface area contributed by atoms with E-state index in [2.05, 4.69) is 20.3 Å². The quantitative estimate of drug-likeness (QED) is 0.930. The fourth-order valence-corrected chi connectivity index (χ4v) is 1.75. The van der Waals surface area contributed by atoms with Crippen LogP contribution >= 0.6 is 23.2 Å². The molecular formula is C11H10Cl2N4. The number of hydrogen-bond donors (Lipinski definition) is 1. The highest BCUT2D eigenvalue weighted by Crippen LogP contribution is 2.12. The van der Waals surface area contributed by atoms with Crippen molar-refractivity contribution in [2.75, 3.05) is 5.32 Å². The summed E-state index contributed by atoms with van der Waals surface area (Å²) in [4.78, 5) is 11.5. The van der Waals surface area contributed by atoms with Crippen molar-refractivity contribution in [3.05, 3.63) is 46.0 Å². The first-order valence-electron chi connectivity index (χ1n) is 5.00. The second kappa shape index (κ2) is 5.29. The Morgan fingerprint density at radius 1 is 1.06 bits per heavy atom. The third-order valence-electron chi connectivity index (χ3n) is 2.28. The van der Waals surface area contributed by atoms with E-state index in [0.29, 0.717) is 12.5 Å². The largest absolute Gasteiger partial charge is 0.350 e. The summed E-state index contributed by atoms with van der Waals surface area (Å²) in [6.45, 7) is 2.66. The van der Waals surface area contributed by atoms with Gasteiger partial charge in [-0.2, -0.15) is 15.0 Å². The molecule has 2 rings (SSSR count). The Bertz CT molecular complexity index is 510. The van der Waals surface area contributed by atoms with Gasteiger partial charge in [-0.25, -0.2) is 0 Å². The molecule has 1 aromatic heterocycles. The first-order chi connectivity index (χ1) is 8.15. The van der Waals surface area contributed by atoms with E-state index in [1.807, 2.05) is 31.2 Å². The van der Waals surface area contributed by atoms with Crippen LogP contribution in [0.3, 0.4) is 0 Å². The molecule has 17 heavy (non-hydrogen) atoms. The molecule has 0 aliphatic carbocycles. The van der Waals surface area contributed by atoms with Crippen LogP contribution in [-0.2, 0) is 6.54 Å². The molecule has 0 spiro atoms. The molecule has 4 nitrogen and oxygen atoms in total. The summed E-state index contributed by atoms with van der Waals surface area (Å²) in [6.07, 6.45) is 0. The number of nitrogens with one attached hydrogen (secondary N) is 1. The first-order valence-corrected chi connectivity index (χ1v) is 5.76. The van der Waals surface area contributed by atoms with Gasteiger partial charge in [-0.15, -0.1) is 0 Å². The minimum atomic E-state index is 0.0808. The number of aryl methyl sites for hydroxylation is 1. The topological polar surface area (TPSA) is 50.7 Å². The lowest BCUT2D eigenvalue weighted by molar-refractivity contribution is 0.997. The molecule has 0 saturated heterocycles. The van der Waals surface area contributed by atoms with Crippen LogP contribution in [0.2, 0.25) is 10.6 Å². The van der Waals surface area contributed by atoms with E-state index in [0.717, 1.165) is 0 Å². The average molecular weight is 269 g/mol. The molecule has 0 unspecified atom stereocenters. The number of hydrogen-bond acceptors (Lipinski definition) is 4. The molecule has 2 aromatic rings. The normalized spacial score (nSPS) is 10.3. The van der Waals surface area contributed by atoms with Gasteiger partial charge in [0.05, 0.1) is 0 Å². The molecule has 0 aliphatic rings. The van der Waals surface area contributed by atoms with Crippen LogP contribution in [0.15, 0.2) is 24.3 Å². The van der Waals surface area contributed by atoms with Crippen molar-refractivity contribution in [3.8, 4) is 0 Å². The van der Waals surface area contributed by atoms with E-state index < -0.39 is 0 Å². The van der Waals surface area contributed by atoms with Crippen LogP contribution in [0, 0.1) is 6.92 Å². The maximum absolute atomic E-state index is 5.68. The minimum Gasteiger partial charge on any atom is -0.350 e. The summed E-state index contributed by atoms with van der Waals surface area (Å²) >= 11 is 11.4. The molecule has 0 atom stereocenters. The fourth-order valence-electron chi connectivity index (χ4n) is 1.39. The van der Waals surface area contributed by atoms with Crippen molar-refractivity contribution in [1.82, 2.24) is 15.0 Å². The Kier molecular flexibility index (Phi) is 3.76. The van der Waals surface area contributed by atoms with Gasteiger partial charge in [0.25, 0.3) is 0 Å². The standard InChI is InChI=1S/C11H10Cl2N4/c1-7-4-2-3-5-8(7)6-14-11-16-9(12)15-10(13)17-11/h2-5H,6H2,1H3,(H,14,15,16,17). The molecule has 1 aromatic carbocycles. The molecule has 0 fully saturated rings. The maximum Gasteiger partial charge on any atom is 0.228 e. The Hall–Kier alpha value is -1.39. The van der Waals surface area contributed by atoms with Gasteiger partial charge in [-0.3, -0.25) is 0 Å². The monoisotopic (exact) mass is 268 g/mol.